The third kappa shape index (κ3) is 4.09. The number of aryl methyl sites for hydroxylation is 1. The third-order valence-corrected chi connectivity index (χ3v) is 4.56. The predicted molar refractivity (Wildman–Crippen MR) is 109 cm³/mol. The highest BCUT2D eigenvalue weighted by Crippen LogP contribution is 2.25. The number of nitrogens with one attached hydrogen (secondary N) is 2. The van der Waals surface area contributed by atoms with Crippen molar-refractivity contribution in [2.75, 3.05) is 5.32 Å². The molecule has 0 bridgehead atoms. The van der Waals surface area contributed by atoms with E-state index in [0.29, 0.717) is 28.2 Å². The van der Waals surface area contributed by atoms with Crippen LogP contribution in [0.4, 0.5) is 5.82 Å². The van der Waals surface area contributed by atoms with Gasteiger partial charge in [0.15, 0.2) is 0 Å². The number of nitriles is 1. The van der Waals surface area contributed by atoms with Crippen LogP contribution in [-0.4, -0.2) is 25.7 Å². The maximum atomic E-state index is 12.8. The Kier molecular flexibility index (Phi) is 5.08. The highest BCUT2D eigenvalue weighted by atomic mass is 16.1. The van der Waals surface area contributed by atoms with Gasteiger partial charge in [0.05, 0.1) is 17.3 Å². The second-order valence-corrected chi connectivity index (χ2v) is 7.82. The molecule has 8 heteroatoms. The van der Waals surface area contributed by atoms with Crippen LogP contribution in [0.5, 0.6) is 0 Å². The molecule has 0 aliphatic heterocycles. The molecule has 29 heavy (non-hydrogen) atoms. The largest absolute Gasteiger partial charge is 0.306 e. The van der Waals surface area contributed by atoms with Crippen molar-refractivity contribution in [1.82, 2.24) is 19.7 Å². The smallest absolute Gasteiger partial charge is 0.256 e. The summed E-state index contributed by atoms with van der Waals surface area (Å²) in [7, 11) is 0. The van der Waals surface area contributed by atoms with E-state index in [4.69, 9.17) is 5.26 Å². The number of rotatable bonds is 3. The Morgan fingerprint density at radius 1 is 1.24 bits per heavy atom. The van der Waals surface area contributed by atoms with E-state index >= 15 is 0 Å². The Morgan fingerprint density at radius 2 is 1.97 bits per heavy atom. The Labute approximate surface area is 168 Å². The van der Waals surface area contributed by atoms with Gasteiger partial charge in [-0.2, -0.15) is 15.0 Å². The average Bonchev–Trinajstić information content (AvgIpc) is 3.10. The van der Waals surface area contributed by atoms with Crippen LogP contribution in [0.3, 0.4) is 0 Å². The Balaban J connectivity index is 2.08. The lowest BCUT2D eigenvalue weighted by Crippen LogP contribution is -2.21. The lowest BCUT2D eigenvalue weighted by atomic mass is 9.92. The number of carbonyl (C=O) groups excluding carboxylic acids is 1. The van der Waals surface area contributed by atoms with Crippen molar-refractivity contribution in [3.05, 3.63) is 68.8 Å². The first-order chi connectivity index (χ1) is 13.6. The van der Waals surface area contributed by atoms with E-state index in [1.165, 1.54) is 10.7 Å². The molecule has 2 heterocycles. The van der Waals surface area contributed by atoms with Gasteiger partial charge in [-0.25, -0.2) is 4.98 Å². The number of hydrogen-bond acceptors (Lipinski definition) is 5. The topological polar surface area (TPSA) is 116 Å². The van der Waals surface area contributed by atoms with Crippen LogP contribution in [0, 0.1) is 25.2 Å². The van der Waals surface area contributed by atoms with Gasteiger partial charge in [-0.1, -0.05) is 26.8 Å². The van der Waals surface area contributed by atoms with Crippen LogP contribution in [0.2, 0.25) is 0 Å². The standard InChI is InChI=1S/C21H22N6O2/c1-12-13(2)23-20(25-18(12)28)27-17(10-16(26-27)21(3,4)5)24-19(29)15-8-6-7-14(9-15)11-22/h6-10H,1-5H3,(H,24,29)(H,23,25,28). The van der Waals surface area contributed by atoms with Crippen LogP contribution in [0.25, 0.3) is 5.95 Å². The number of anilines is 1. The number of carbonyl (C=O) groups is 1. The minimum Gasteiger partial charge on any atom is -0.306 e. The molecule has 2 aromatic heterocycles. The number of aromatic nitrogens is 4. The van der Waals surface area contributed by atoms with E-state index < -0.39 is 5.91 Å². The fraction of sp³-hybridized carbons (Fsp3) is 0.286. The fourth-order valence-electron chi connectivity index (χ4n) is 2.65. The average molecular weight is 390 g/mol. The zero-order valence-electron chi connectivity index (χ0n) is 17.0. The Hall–Kier alpha value is -3.73. The number of benzene rings is 1. The van der Waals surface area contributed by atoms with Gasteiger partial charge in [-0.15, -0.1) is 0 Å². The molecular weight excluding hydrogens is 368 g/mol. The van der Waals surface area contributed by atoms with Crippen LogP contribution >= 0.6 is 0 Å². The van der Waals surface area contributed by atoms with Crippen molar-refractivity contribution in [1.29, 1.82) is 5.26 Å². The lowest BCUT2D eigenvalue weighted by molar-refractivity contribution is 0.102. The Morgan fingerprint density at radius 3 is 2.59 bits per heavy atom. The molecule has 0 aliphatic rings. The van der Waals surface area contributed by atoms with Crippen molar-refractivity contribution < 1.29 is 4.79 Å². The number of aromatic amines is 1. The summed E-state index contributed by atoms with van der Waals surface area (Å²) in [6.45, 7) is 9.43. The monoisotopic (exact) mass is 390 g/mol. The summed E-state index contributed by atoms with van der Waals surface area (Å²) in [6.07, 6.45) is 0. The summed E-state index contributed by atoms with van der Waals surface area (Å²) < 4.78 is 1.42. The number of amides is 1. The minimum atomic E-state index is -0.394. The molecule has 0 aliphatic carbocycles. The van der Waals surface area contributed by atoms with E-state index in [-0.39, 0.29) is 16.9 Å². The quantitative estimate of drug-likeness (QED) is 0.713. The van der Waals surface area contributed by atoms with Crippen LogP contribution in [0.15, 0.2) is 35.1 Å². The van der Waals surface area contributed by atoms with E-state index in [9.17, 15) is 9.59 Å². The molecule has 8 nitrogen and oxygen atoms in total. The normalized spacial score (nSPS) is 11.2. The molecule has 0 fully saturated rings. The van der Waals surface area contributed by atoms with Crippen molar-refractivity contribution >= 4 is 11.7 Å². The zero-order chi connectivity index (χ0) is 21.3. The maximum absolute atomic E-state index is 12.8. The first kappa shape index (κ1) is 20.0. The van der Waals surface area contributed by atoms with Gasteiger partial charge < -0.3 is 5.32 Å². The first-order valence-corrected chi connectivity index (χ1v) is 9.10. The molecule has 3 rings (SSSR count). The van der Waals surface area contributed by atoms with E-state index in [1.807, 2.05) is 26.8 Å². The maximum Gasteiger partial charge on any atom is 0.256 e. The lowest BCUT2D eigenvalue weighted by Gasteiger charge is -2.14. The molecule has 148 valence electrons. The molecule has 0 radical (unpaired) electrons. The second kappa shape index (κ2) is 7.36. The van der Waals surface area contributed by atoms with E-state index in [1.54, 1.807) is 38.1 Å². The first-order valence-electron chi connectivity index (χ1n) is 9.10. The SMILES string of the molecule is Cc1nc(-n2nc(C(C)(C)C)cc2NC(=O)c2cccc(C#N)c2)[nH]c(=O)c1C. The molecule has 1 aromatic carbocycles. The molecule has 0 spiro atoms. The highest BCUT2D eigenvalue weighted by molar-refractivity contribution is 6.04. The van der Waals surface area contributed by atoms with Crippen molar-refractivity contribution in [3.63, 3.8) is 0 Å². The third-order valence-electron chi connectivity index (χ3n) is 4.56. The van der Waals surface area contributed by atoms with Gasteiger partial charge in [0.1, 0.15) is 5.82 Å². The summed E-state index contributed by atoms with van der Waals surface area (Å²) in [5.74, 6) is 0.193. The van der Waals surface area contributed by atoms with Crippen LogP contribution in [0.1, 0.15) is 53.6 Å². The zero-order valence-corrected chi connectivity index (χ0v) is 17.0. The van der Waals surface area contributed by atoms with Gasteiger partial charge in [-0.05, 0) is 32.0 Å². The second-order valence-electron chi connectivity index (χ2n) is 7.82. The molecule has 0 saturated heterocycles. The predicted octanol–water partition coefficient (Wildman–Crippen LogP) is 2.99. The molecule has 3 aromatic rings. The number of hydrogen-bond donors (Lipinski definition) is 2. The summed E-state index contributed by atoms with van der Waals surface area (Å²) in [6, 6.07) is 10.2. The van der Waals surface area contributed by atoms with Gasteiger partial charge >= 0.3 is 0 Å². The number of nitrogens with zero attached hydrogens (tertiary/aromatic N) is 4. The molecule has 1 amide bonds. The summed E-state index contributed by atoms with van der Waals surface area (Å²) >= 11 is 0. The van der Waals surface area contributed by atoms with E-state index in [2.05, 4.69) is 20.4 Å². The van der Waals surface area contributed by atoms with E-state index in [0.717, 1.165) is 5.69 Å². The fourth-order valence-corrected chi connectivity index (χ4v) is 2.65. The van der Waals surface area contributed by atoms with Crippen molar-refractivity contribution in [2.45, 2.75) is 40.0 Å². The molecule has 0 saturated carbocycles. The van der Waals surface area contributed by atoms with Gasteiger partial charge in [0.25, 0.3) is 11.5 Å². The van der Waals surface area contributed by atoms with Gasteiger partial charge in [0.2, 0.25) is 5.95 Å². The molecular formula is C21H22N6O2. The molecule has 0 atom stereocenters. The van der Waals surface area contributed by atoms with Crippen LogP contribution in [-0.2, 0) is 5.41 Å². The van der Waals surface area contributed by atoms with Gasteiger partial charge in [0, 0.05) is 28.3 Å². The molecule has 0 unspecified atom stereocenters. The Bertz CT molecular complexity index is 1190. The highest BCUT2D eigenvalue weighted by Gasteiger charge is 2.23. The van der Waals surface area contributed by atoms with Gasteiger partial charge in [-0.3, -0.25) is 14.6 Å². The van der Waals surface area contributed by atoms with Crippen molar-refractivity contribution in [2.24, 2.45) is 0 Å². The summed E-state index contributed by atoms with van der Waals surface area (Å²) in [5, 5.41) is 16.4. The number of H-pyrrole nitrogens is 1. The molecule has 2 N–H and O–H groups in total. The summed E-state index contributed by atoms with van der Waals surface area (Å²) in [5.41, 5.74) is 2.01. The minimum absolute atomic E-state index is 0.217. The summed E-state index contributed by atoms with van der Waals surface area (Å²) in [4.78, 5) is 32.1. The van der Waals surface area contributed by atoms with Crippen LogP contribution < -0.4 is 10.9 Å². The van der Waals surface area contributed by atoms with Crippen molar-refractivity contribution in [3.8, 4) is 12.0 Å².